The van der Waals surface area contributed by atoms with Crippen LogP contribution in [0.4, 0.5) is 14.5 Å². The molecule has 1 saturated heterocycles. The lowest BCUT2D eigenvalue weighted by atomic mass is 9.82. The fraction of sp³-hybridized carbons (Fsp3) is 0.538. The number of thioether (sulfide) groups is 1. The molecule has 0 spiro atoms. The van der Waals surface area contributed by atoms with Gasteiger partial charge in [0, 0.05) is 17.9 Å². The van der Waals surface area contributed by atoms with E-state index in [2.05, 4.69) is 35.1 Å². The average molecular weight is 336 g/mol. The quantitative estimate of drug-likeness (QED) is 0.788. The largest absolute Gasteiger partial charge is 0.379 e. The molecule has 1 atom stereocenters. The highest BCUT2D eigenvalue weighted by Gasteiger charge is 2.33. The first-order valence-corrected chi connectivity index (χ1v) is 7.84. The Balaban J connectivity index is 2.20. The minimum absolute atomic E-state index is 0.124. The molecule has 18 heavy (non-hydrogen) atoms. The second kappa shape index (κ2) is 5.37. The minimum Gasteiger partial charge on any atom is -0.379 e. The van der Waals surface area contributed by atoms with Crippen LogP contribution in [0.3, 0.4) is 0 Å². The van der Waals surface area contributed by atoms with E-state index in [0.717, 1.165) is 24.0 Å². The molecule has 0 aromatic heterocycles. The van der Waals surface area contributed by atoms with E-state index in [9.17, 15) is 8.78 Å². The summed E-state index contributed by atoms with van der Waals surface area (Å²) in [6.07, 6.45) is 1.10. The number of nitrogens with one attached hydrogen (secondary N) is 1. The number of hydrogen-bond donors (Lipinski definition) is 1. The van der Waals surface area contributed by atoms with Crippen LogP contribution in [0.25, 0.3) is 0 Å². The molecule has 0 saturated carbocycles. The summed E-state index contributed by atoms with van der Waals surface area (Å²) >= 11 is 4.95. The molecule has 1 unspecified atom stereocenters. The molecule has 1 aromatic carbocycles. The van der Waals surface area contributed by atoms with Crippen molar-refractivity contribution in [1.29, 1.82) is 0 Å². The fourth-order valence-electron chi connectivity index (χ4n) is 1.99. The number of hydrogen-bond acceptors (Lipinski definition) is 2. The van der Waals surface area contributed by atoms with Crippen LogP contribution in [0.1, 0.15) is 20.3 Å². The zero-order valence-electron chi connectivity index (χ0n) is 10.4. The van der Waals surface area contributed by atoms with Gasteiger partial charge in [-0.25, -0.2) is 8.78 Å². The SMILES string of the molecule is CC1(C)CCSCC1Nc1cc(Br)c(F)cc1F. The van der Waals surface area contributed by atoms with Gasteiger partial charge < -0.3 is 5.32 Å². The second-order valence-electron chi connectivity index (χ2n) is 5.26. The lowest BCUT2D eigenvalue weighted by molar-refractivity contribution is 0.304. The summed E-state index contributed by atoms with van der Waals surface area (Å²) in [6.45, 7) is 4.36. The van der Waals surface area contributed by atoms with E-state index in [1.807, 2.05) is 11.8 Å². The molecular formula is C13H16BrF2NS. The number of benzene rings is 1. The van der Waals surface area contributed by atoms with E-state index in [-0.39, 0.29) is 15.9 Å². The molecule has 1 N–H and O–H groups in total. The molecule has 1 nitrogen and oxygen atoms in total. The highest BCUT2D eigenvalue weighted by molar-refractivity contribution is 9.10. The van der Waals surface area contributed by atoms with Gasteiger partial charge in [-0.2, -0.15) is 11.8 Å². The van der Waals surface area contributed by atoms with Crippen molar-refractivity contribution >= 4 is 33.4 Å². The fourth-order valence-corrected chi connectivity index (χ4v) is 3.94. The van der Waals surface area contributed by atoms with Crippen LogP contribution < -0.4 is 5.32 Å². The Bertz CT molecular complexity index is 451. The van der Waals surface area contributed by atoms with E-state index in [1.165, 1.54) is 6.07 Å². The van der Waals surface area contributed by atoms with Crippen LogP contribution in [-0.2, 0) is 0 Å². The van der Waals surface area contributed by atoms with Crippen LogP contribution in [0.15, 0.2) is 16.6 Å². The predicted molar refractivity (Wildman–Crippen MR) is 77.2 cm³/mol. The van der Waals surface area contributed by atoms with Gasteiger partial charge in [0.05, 0.1) is 10.2 Å². The smallest absolute Gasteiger partial charge is 0.149 e. The highest BCUT2D eigenvalue weighted by Crippen LogP contribution is 2.37. The first-order valence-electron chi connectivity index (χ1n) is 5.89. The molecule has 5 heteroatoms. The summed E-state index contributed by atoms with van der Waals surface area (Å²) in [5.41, 5.74) is 0.488. The van der Waals surface area contributed by atoms with Crippen LogP contribution >= 0.6 is 27.7 Å². The maximum Gasteiger partial charge on any atom is 0.149 e. The number of halogens is 3. The molecule has 100 valence electrons. The summed E-state index contributed by atoms with van der Waals surface area (Å²) in [7, 11) is 0. The van der Waals surface area contributed by atoms with Gasteiger partial charge in [0.2, 0.25) is 0 Å². The first-order chi connectivity index (χ1) is 8.40. The molecule has 1 aromatic rings. The molecule has 1 fully saturated rings. The lowest BCUT2D eigenvalue weighted by Gasteiger charge is -2.39. The van der Waals surface area contributed by atoms with Crippen molar-refractivity contribution in [2.75, 3.05) is 16.8 Å². The third-order valence-electron chi connectivity index (χ3n) is 3.46. The molecule has 0 amide bonds. The van der Waals surface area contributed by atoms with Gasteiger partial charge in [-0.15, -0.1) is 0 Å². The Labute approximate surface area is 119 Å². The summed E-state index contributed by atoms with van der Waals surface area (Å²) in [5.74, 6) is 0.972. The zero-order chi connectivity index (χ0) is 13.3. The maximum atomic E-state index is 13.7. The van der Waals surface area contributed by atoms with Crippen molar-refractivity contribution in [2.45, 2.75) is 26.3 Å². The monoisotopic (exact) mass is 335 g/mol. The molecule has 0 aliphatic carbocycles. The zero-order valence-corrected chi connectivity index (χ0v) is 12.8. The number of anilines is 1. The van der Waals surface area contributed by atoms with Gasteiger partial charge >= 0.3 is 0 Å². The van der Waals surface area contributed by atoms with Crippen molar-refractivity contribution in [1.82, 2.24) is 0 Å². The Hall–Kier alpha value is -0.290. The third kappa shape index (κ3) is 2.99. The van der Waals surface area contributed by atoms with Crippen molar-refractivity contribution in [3.05, 3.63) is 28.2 Å². The van der Waals surface area contributed by atoms with E-state index < -0.39 is 11.6 Å². The molecular weight excluding hydrogens is 320 g/mol. The molecule has 0 radical (unpaired) electrons. The van der Waals surface area contributed by atoms with Gasteiger partial charge in [0.15, 0.2) is 0 Å². The highest BCUT2D eigenvalue weighted by atomic mass is 79.9. The average Bonchev–Trinajstić information content (AvgIpc) is 2.28. The van der Waals surface area contributed by atoms with Gasteiger partial charge in [0.25, 0.3) is 0 Å². The summed E-state index contributed by atoms with van der Waals surface area (Å²) in [4.78, 5) is 0. The molecule has 0 bridgehead atoms. The van der Waals surface area contributed by atoms with E-state index in [1.54, 1.807) is 0 Å². The van der Waals surface area contributed by atoms with Gasteiger partial charge in [-0.05, 0) is 39.6 Å². The van der Waals surface area contributed by atoms with Crippen LogP contribution in [0.5, 0.6) is 0 Å². The molecule has 1 aliphatic rings. The minimum atomic E-state index is -0.574. The molecule has 2 rings (SSSR count). The Morgan fingerprint density at radius 2 is 2.06 bits per heavy atom. The Morgan fingerprint density at radius 3 is 2.72 bits per heavy atom. The summed E-state index contributed by atoms with van der Waals surface area (Å²) < 4.78 is 27.2. The van der Waals surface area contributed by atoms with Crippen molar-refractivity contribution < 1.29 is 8.78 Å². The normalized spacial score (nSPS) is 22.8. The standard InChI is InChI=1S/C13H16BrF2NS/c1-13(2)3-4-18-7-12(13)17-11-5-8(14)9(15)6-10(11)16/h5-6,12,17H,3-4,7H2,1-2H3. The Morgan fingerprint density at radius 1 is 1.33 bits per heavy atom. The van der Waals surface area contributed by atoms with E-state index in [4.69, 9.17) is 0 Å². The summed E-state index contributed by atoms with van der Waals surface area (Å²) in [6, 6.07) is 2.58. The third-order valence-corrected chi connectivity index (χ3v) is 5.13. The van der Waals surface area contributed by atoms with E-state index in [0.29, 0.717) is 5.69 Å². The Kier molecular flexibility index (Phi) is 4.22. The maximum absolute atomic E-state index is 13.7. The van der Waals surface area contributed by atoms with Crippen molar-refractivity contribution in [3.63, 3.8) is 0 Å². The first kappa shape index (κ1) is 14.1. The van der Waals surface area contributed by atoms with E-state index >= 15 is 0 Å². The summed E-state index contributed by atoms with van der Waals surface area (Å²) in [5, 5.41) is 3.21. The lowest BCUT2D eigenvalue weighted by Crippen LogP contribution is -2.41. The molecule has 1 aliphatic heterocycles. The van der Waals surface area contributed by atoms with Crippen LogP contribution in [0, 0.1) is 17.0 Å². The van der Waals surface area contributed by atoms with Gasteiger partial charge in [-0.3, -0.25) is 0 Å². The van der Waals surface area contributed by atoms with Crippen LogP contribution in [0.2, 0.25) is 0 Å². The van der Waals surface area contributed by atoms with Gasteiger partial charge in [-0.1, -0.05) is 13.8 Å². The second-order valence-corrected chi connectivity index (χ2v) is 7.26. The van der Waals surface area contributed by atoms with Crippen molar-refractivity contribution in [3.8, 4) is 0 Å². The van der Waals surface area contributed by atoms with Crippen LogP contribution in [-0.4, -0.2) is 17.5 Å². The molecule has 1 heterocycles. The topological polar surface area (TPSA) is 12.0 Å². The predicted octanol–water partition coefficient (Wildman–Crippen LogP) is 4.67. The van der Waals surface area contributed by atoms with Gasteiger partial charge in [0.1, 0.15) is 11.6 Å². The van der Waals surface area contributed by atoms with Crippen molar-refractivity contribution in [2.24, 2.45) is 5.41 Å². The number of rotatable bonds is 2.